The standard InChI is InChI=1S/C17H18N4OS2/c1-7-6-23-15(20-7)9-8-4-5-17(2,3)13(8)21-16-10(9)11(18)12(24-16)14(19)22/h6H,4-5,18H2,1-3H3,(H2,19,22). The highest BCUT2D eigenvalue weighted by Gasteiger charge is 2.36. The summed E-state index contributed by atoms with van der Waals surface area (Å²) in [5, 5.41) is 3.81. The van der Waals surface area contributed by atoms with Crippen molar-refractivity contribution in [2.45, 2.75) is 39.0 Å². The molecule has 0 saturated carbocycles. The van der Waals surface area contributed by atoms with Crippen LogP contribution >= 0.6 is 22.7 Å². The van der Waals surface area contributed by atoms with Gasteiger partial charge in [0.15, 0.2) is 0 Å². The number of hydrogen-bond donors (Lipinski definition) is 2. The van der Waals surface area contributed by atoms with E-state index >= 15 is 0 Å². The molecule has 1 aliphatic rings. The van der Waals surface area contributed by atoms with E-state index in [1.165, 1.54) is 16.9 Å². The first-order valence-corrected chi connectivity index (χ1v) is 9.47. The number of thiazole rings is 1. The zero-order valence-corrected chi connectivity index (χ0v) is 15.4. The summed E-state index contributed by atoms with van der Waals surface area (Å²) in [5.41, 5.74) is 16.6. The number of rotatable bonds is 2. The summed E-state index contributed by atoms with van der Waals surface area (Å²) in [6, 6.07) is 0. The minimum atomic E-state index is -0.504. The molecule has 7 heteroatoms. The number of fused-ring (bicyclic) bond motifs is 2. The minimum Gasteiger partial charge on any atom is -0.397 e. The first-order chi connectivity index (χ1) is 11.3. The van der Waals surface area contributed by atoms with Gasteiger partial charge in [-0.05, 0) is 25.3 Å². The van der Waals surface area contributed by atoms with Crippen LogP contribution in [0.4, 0.5) is 5.69 Å². The normalized spacial score (nSPS) is 15.8. The predicted molar refractivity (Wildman–Crippen MR) is 99.7 cm³/mol. The number of anilines is 1. The molecular weight excluding hydrogens is 340 g/mol. The zero-order valence-electron chi connectivity index (χ0n) is 13.8. The summed E-state index contributed by atoms with van der Waals surface area (Å²) in [4.78, 5) is 22.4. The van der Waals surface area contributed by atoms with Gasteiger partial charge in [0.05, 0.1) is 11.4 Å². The highest BCUT2D eigenvalue weighted by atomic mass is 32.1. The van der Waals surface area contributed by atoms with E-state index in [-0.39, 0.29) is 5.41 Å². The maximum Gasteiger partial charge on any atom is 0.260 e. The quantitative estimate of drug-likeness (QED) is 0.731. The lowest BCUT2D eigenvalue weighted by atomic mass is 9.90. The topological polar surface area (TPSA) is 94.9 Å². The van der Waals surface area contributed by atoms with Gasteiger partial charge in [-0.3, -0.25) is 4.79 Å². The van der Waals surface area contributed by atoms with E-state index in [2.05, 4.69) is 18.8 Å². The summed E-state index contributed by atoms with van der Waals surface area (Å²) in [5.74, 6) is -0.504. The average molecular weight is 358 g/mol. The van der Waals surface area contributed by atoms with Crippen LogP contribution in [0.3, 0.4) is 0 Å². The van der Waals surface area contributed by atoms with Crippen molar-refractivity contribution in [1.82, 2.24) is 9.97 Å². The Labute approximate surface area is 147 Å². The SMILES string of the molecule is Cc1csc(-c2c3c(nc4sc(C(N)=O)c(N)c24)C(C)(C)CC3)n1. The van der Waals surface area contributed by atoms with Gasteiger partial charge in [-0.15, -0.1) is 22.7 Å². The van der Waals surface area contributed by atoms with Gasteiger partial charge in [0.2, 0.25) is 0 Å². The molecule has 0 aliphatic heterocycles. The van der Waals surface area contributed by atoms with E-state index in [1.54, 1.807) is 11.3 Å². The molecule has 0 saturated heterocycles. The zero-order chi connectivity index (χ0) is 17.2. The van der Waals surface area contributed by atoms with Crippen LogP contribution in [0.5, 0.6) is 0 Å². The third kappa shape index (κ3) is 2.08. The van der Waals surface area contributed by atoms with Crippen LogP contribution in [0.2, 0.25) is 0 Å². The highest BCUT2D eigenvalue weighted by molar-refractivity contribution is 7.21. The highest BCUT2D eigenvalue weighted by Crippen LogP contribution is 2.48. The molecule has 0 aromatic carbocycles. The molecule has 0 unspecified atom stereocenters. The van der Waals surface area contributed by atoms with Crippen LogP contribution in [0.25, 0.3) is 20.8 Å². The smallest absolute Gasteiger partial charge is 0.260 e. The van der Waals surface area contributed by atoms with Crippen LogP contribution in [-0.2, 0) is 11.8 Å². The fraction of sp³-hybridized carbons (Fsp3) is 0.353. The van der Waals surface area contributed by atoms with Gasteiger partial charge >= 0.3 is 0 Å². The molecule has 0 atom stereocenters. The van der Waals surface area contributed by atoms with Gasteiger partial charge < -0.3 is 11.5 Å². The van der Waals surface area contributed by atoms with Crippen molar-refractivity contribution in [3.05, 3.63) is 27.2 Å². The van der Waals surface area contributed by atoms with Gasteiger partial charge in [-0.1, -0.05) is 13.8 Å². The number of pyridine rings is 1. The monoisotopic (exact) mass is 358 g/mol. The lowest BCUT2D eigenvalue weighted by molar-refractivity contribution is 0.100. The molecular formula is C17H18N4OS2. The molecule has 1 aliphatic carbocycles. The Hall–Kier alpha value is -1.99. The fourth-order valence-corrected chi connectivity index (χ4v) is 5.27. The van der Waals surface area contributed by atoms with Crippen LogP contribution in [0.1, 0.15) is 46.9 Å². The molecule has 3 heterocycles. The lowest BCUT2D eigenvalue weighted by Gasteiger charge is -2.18. The Morgan fingerprint density at radius 2 is 2.08 bits per heavy atom. The third-order valence-electron chi connectivity index (χ3n) is 4.68. The Morgan fingerprint density at radius 1 is 1.33 bits per heavy atom. The van der Waals surface area contributed by atoms with Crippen molar-refractivity contribution in [1.29, 1.82) is 0 Å². The summed E-state index contributed by atoms with van der Waals surface area (Å²) in [6.07, 6.45) is 1.99. The van der Waals surface area contributed by atoms with E-state index in [0.717, 1.165) is 45.0 Å². The number of nitrogens with zero attached hydrogens (tertiary/aromatic N) is 2. The van der Waals surface area contributed by atoms with E-state index < -0.39 is 5.91 Å². The summed E-state index contributed by atoms with van der Waals surface area (Å²) < 4.78 is 0. The van der Waals surface area contributed by atoms with Crippen molar-refractivity contribution >= 4 is 44.5 Å². The molecule has 4 N–H and O–H groups in total. The van der Waals surface area contributed by atoms with E-state index in [1.807, 2.05) is 12.3 Å². The number of thiophene rings is 1. The molecule has 1 amide bonds. The number of amides is 1. The first kappa shape index (κ1) is 15.5. The molecule has 3 aromatic heterocycles. The van der Waals surface area contributed by atoms with Crippen LogP contribution in [-0.4, -0.2) is 15.9 Å². The molecule has 5 nitrogen and oxygen atoms in total. The average Bonchev–Trinajstić information content (AvgIpc) is 3.16. The van der Waals surface area contributed by atoms with E-state index in [0.29, 0.717) is 10.6 Å². The predicted octanol–water partition coefficient (Wildman–Crippen LogP) is 3.63. The number of carbonyl (C=O) groups excluding carboxylic acids is 1. The molecule has 124 valence electrons. The molecule has 0 fully saturated rings. The van der Waals surface area contributed by atoms with Gasteiger partial charge in [0.1, 0.15) is 14.7 Å². The van der Waals surface area contributed by atoms with Crippen LogP contribution in [0, 0.1) is 6.92 Å². The van der Waals surface area contributed by atoms with Crippen molar-refractivity contribution in [2.75, 3.05) is 5.73 Å². The number of nitrogens with two attached hydrogens (primary N) is 2. The van der Waals surface area contributed by atoms with Crippen LogP contribution in [0.15, 0.2) is 5.38 Å². The van der Waals surface area contributed by atoms with E-state index in [9.17, 15) is 4.79 Å². The van der Waals surface area contributed by atoms with Crippen molar-refractivity contribution in [2.24, 2.45) is 5.73 Å². The number of aryl methyl sites for hydroxylation is 1. The second kappa shape index (κ2) is 5.00. The first-order valence-electron chi connectivity index (χ1n) is 7.77. The molecule has 3 aromatic rings. The Bertz CT molecular complexity index is 1000. The number of carbonyl (C=O) groups is 1. The summed E-state index contributed by atoms with van der Waals surface area (Å²) in [7, 11) is 0. The largest absolute Gasteiger partial charge is 0.397 e. The fourth-order valence-electron chi connectivity index (χ4n) is 3.44. The molecule has 4 rings (SSSR count). The maximum absolute atomic E-state index is 11.7. The van der Waals surface area contributed by atoms with Crippen molar-refractivity contribution in [3.63, 3.8) is 0 Å². The van der Waals surface area contributed by atoms with Crippen molar-refractivity contribution < 1.29 is 4.79 Å². The summed E-state index contributed by atoms with van der Waals surface area (Å²) >= 11 is 2.88. The second-order valence-corrected chi connectivity index (χ2v) is 8.74. The van der Waals surface area contributed by atoms with Gasteiger partial charge in [0, 0.05) is 27.4 Å². The molecule has 0 bridgehead atoms. The second-order valence-electron chi connectivity index (χ2n) is 6.88. The molecule has 0 radical (unpaired) electrons. The number of nitrogen functional groups attached to an aromatic ring is 1. The maximum atomic E-state index is 11.7. The van der Waals surface area contributed by atoms with Gasteiger partial charge in [-0.2, -0.15) is 0 Å². The minimum absolute atomic E-state index is 0.0101. The number of hydrogen-bond acceptors (Lipinski definition) is 6. The van der Waals surface area contributed by atoms with Gasteiger partial charge in [0.25, 0.3) is 5.91 Å². The van der Waals surface area contributed by atoms with Crippen LogP contribution < -0.4 is 11.5 Å². The number of primary amides is 1. The third-order valence-corrected chi connectivity index (χ3v) is 6.77. The van der Waals surface area contributed by atoms with E-state index in [4.69, 9.17) is 16.5 Å². The Balaban J connectivity index is 2.16. The van der Waals surface area contributed by atoms with Crippen molar-refractivity contribution in [3.8, 4) is 10.6 Å². The van der Waals surface area contributed by atoms with Gasteiger partial charge in [-0.25, -0.2) is 9.97 Å². The summed E-state index contributed by atoms with van der Waals surface area (Å²) in [6.45, 7) is 6.40. The molecule has 24 heavy (non-hydrogen) atoms. The number of aromatic nitrogens is 2. The lowest BCUT2D eigenvalue weighted by Crippen LogP contribution is -2.14. The Morgan fingerprint density at radius 3 is 2.71 bits per heavy atom. The molecule has 0 spiro atoms. The Kier molecular flexibility index (Phi) is 3.24.